The van der Waals surface area contributed by atoms with Gasteiger partial charge in [0.2, 0.25) is 5.91 Å². The molecule has 0 atom stereocenters. The van der Waals surface area contributed by atoms with Gasteiger partial charge in [0.15, 0.2) is 5.11 Å². The first-order valence-corrected chi connectivity index (χ1v) is 9.15. The van der Waals surface area contributed by atoms with E-state index in [2.05, 4.69) is 10.6 Å². The van der Waals surface area contributed by atoms with E-state index >= 15 is 0 Å². The van der Waals surface area contributed by atoms with Gasteiger partial charge in [-0.25, -0.2) is 0 Å². The highest BCUT2D eigenvalue weighted by molar-refractivity contribution is 7.80. The lowest BCUT2D eigenvalue weighted by Crippen LogP contribution is -2.33. The van der Waals surface area contributed by atoms with Crippen LogP contribution in [0, 0.1) is 10.1 Å². The number of rotatable bonds is 6. The van der Waals surface area contributed by atoms with Crippen LogP contribution in [0.3, 0.4) is 0 Å². The summed E-state index contributed by atoms with van der Waals surface area (Å²) >= 11 is 5.06. The van der Waals surface area contributed by atoms with Crippen molar-refractivity contribution in [2.45, 2.75) is 0 Å². The van der Waals surface area contributed by atoms with E-state index in [0.717, 1.165) is 5.56 Å². The quantitative estimate of drug-likeness (QED) is 0.262. The Bertz CT molecular complexity index is 1110. The topological polar surface area (TPSA) is 107 Å². The molecule has 0 fully saturated rings. The third-order valence-corrected chi connectivity index (χ3v) is 4.17. The summed E-state index contributed by atoms with van der Waals surface area (Å²) in [6.45, 7) is 0. The van der Waals surface area contributed by atoms with Gasteiger partial charge in [-0.1, -0.05) is 30.3 Å². The minimum absolute atomic E-state index is 0.0812. The lowest BCUT2D eigenvalue weighted by Gasteiger charge is -2.09. The Kier molecular flexibility index (Phi) is 6.56. The molecule has 30 heavy (non-hydrogen) atoms. The zero-order chi connectivity index (χ0) is 21.5. The highest BCUT2D eigenvalue weighted by atomic mass is 32.1. The third-order valence-electron chi connectivity index (χ3n) is 3.97. The van der Waals surface area contributed by atoms with Crippen molar-refractivity contribution in [1.82, 2.24) is 5.32 Å². The van der Waals surface area contributed by atoms with Crippen molar-refractivity contribution >= 4 is 40.7 Å². The van der Waals surface area contributed by atoms with Gasteiger partial charge in [0.1, 0.15) is 23.0 Å². The SMILES string of the molecule is COc1ccc(NC(=S)NC(=O)/C=C/c2ccc(-c3ccccc3)o2)c([N+](=O)[O-])c1. The maximum Gasteiger partial charge on any atom is 0.296 e. The van der Waals surface area contributed by atoms with E-state index in [-0.39, 0.29) is 16.5 Å². The number of carbonyl (C=O) groups is 1. The molecule has 2 aromatic carbocycles. The zero-order valence-corrected chi connectivity index (χ0v) is 16.6. The molecule has 1 amide bonds. The number of anilines is 1. The van der Waals surface area contributed by atoms with Crippen LogP contribution >= 0.6 is 12.2 Å². The van der Waals surface area contributed by atoms with E-state index in [1.165, 1.54) is 31.4 Å². The molecule has 0 saturated heterocycles. The Hall–Kier alpha value is -3.98. The number of nitrogens with one attached hydrogen (secondary N) is 2. The molecule has 3 rings (SSSR count). The number of furan rings is 1. The summed E-state index contributed by atoms with van der Waals surface area (Å²) in [6.07, 6.45) is 2.75. The number of carbonyl (C=O) groups excluding carboxylic acids is 1. The second-order valence-corrected chi connectivity index (χ2v) is 6.39. The van der Waals surface area contributed by atoms with Crippen LogP contribution in [0.4, 0.5) is 11.4 Å². The number of hydrogen-bond acceptors (Lipinski definition) is 6. The first-order chi connectivity index (χ1) is 14.5. The molecule has 2 N–H and O–H groups in total. The number of methoxy groups -OCH3 is 1. The summed E-state index contributed by atoms with van der Waals surface area (Å²) < 4.78 is 10.7. The number of amides is 1. The van der Waals surface area contributed by atoms with Gasteiger partial charge >= 0.3 is 0 Å². The van der Waals surface area contributed by atoms with Gasteiger partial charge in [-0.2, -0.15) is 0 Å². The van der Waals surface area contributed by atoms with Crippen LogP contribution in [0.2, 0.25) is 0 Å². The second kappa shape index (κ2) is 9.48. The predicted octanol–water partition coefficient (Wildman–Crippen LogP) is 4.39. The molecular formula is C21H17N3O5S. The average Bonchev–Trinajstić information content (AvgIpc) is 3.22. The Balaban J connectivity index is 1.61. The summed E-state index contributed by atoms with van der Waals surface area (Å²) in [4.78, 5) is 22.7. The van der Waals surface area contributed by atoms with E-state index in [4.69, 9.17) is 21.4 Å². The molecule has 0 saturated carbocycles. The lowest BCUT2D eigenvalue weighted by atomic mass is 10.2. The highest BCUT2D eigenvalue weighted by Gasteiger charge is 2.16. The zero-order valence-electron chi connectivity index (χ0n) is 15.8. The summed E-state index contributed by atoms with van der Waals surface area (Å²) in [6, 6.07) is 17.3. The fourth-order valence-electron chi connectivity index (χ4n) is 2.56. The van der Waals surface area contributed by atoms with Crippen molar-refractivity contribution < 1.29 is 18.9 Å². The molecule has 0 spiro atoms. The van der Waals surface area contributed by atoms with Gasteiger partial charge in [0.05, 0.1) is 18.1 Å². The smallest absolute Gasteiger partial charge is 0.296 e. The fourth-order valence-corrected chi connectivity index (χ4v) is 2.77. The minimum Gasteiger partial charge on any atom is -0.496 e. The third kappa shape index (κ3) is 5.30. The average molecular weight is 423 g/mol. The van der Waals surface area contributed by atoms with Crippen molar-refractivity contribution in [3.63, 3.8) is 0 Å². The molecule has 0 bridgehead atoms. The van der Waals surface area contributed by atoms with E-state index in [1.54, 1.807) is 12.1 Å². The van der Waals surface area contributed by atoms with Crippen molar-refractivity contribution in [1.29, 1.82) is 0 Å². The van der Waals surface area contributed by atoms with Crippen LogP contribution in [-0.2, 0) is 4.79 Å². The number of ether oxygens (including phenoxy) is 1. The number of nitro benzene ring substituents is 1. The maximum atomic E-state index is 12.1. The molecule has 0 aliphatic rings. The second-order valence-electron chi connectivity index (χ2n) is 5.98. The minimum atomic E-state index is -0.573. The van der Waals surface area contributed by atoms with Crippen molar-refractivity contribution in [3.05, 3.63) is 82.6 Å². The van der Waals surface area contributed by atoms with Gasteiger partial charge in [-0.3, -0.25) is 20.2 Å². The van der Waals surface area contributed by atoms with Crippen molar-refractivity contribution in [3.8, 4) is 17.1 Å². The molecule has 152 valence electrons. The Morgan fingerprint density at radius 1 is 1.17 bits per heavy atom. The van der Waals surface area contributed by atoms with Crippen LogP contribution in [-0.4, -0.2) is 23.1 Å². The Morgan fingerprint density at radius 3 is 2.63 bits per heavy atom. The number of nitrogens with zero attached hydrogens (tertiary/aromatic N) is 1. The van der Waals surface area contributed by atoms with Gasteiger partial charge < -0.3 is 14.5 Å². The molecule has 0 aliphatic heterocycles. The number of thiocarbonyl (C=S) groups is 1. The van der Waals surface area contributed by atoms with Gasteiger partial charge in [0.25, 0.3) is 5.69 Å². The summed E-state index contributed by atoms with van der Waals surface area (Å²) in [5.74, 6) is 0.994. The summed E-state index contributed by atoms with van der Waals surface area (Å²) in [7, 11) is 1.41. The molecule has 0 unspecified atom stereocenters. The molecular weight excluding hydrogens is 406 g/mol. The molecule has 0 aliphatic carbocycles. The molecule has 1 heterocycles. The van der Waals surface area contributed by atoms with Crippen molar-refractivity contribution in [2.75, 3.05) is 12.4 Å². The van der Waals surface area contributed by atoms with Gasteiger partial charge in [-0.05, 0) is 42.6 Å². The molecule has 0 radical (unpaired) electrons. The van der Waals surface area contributed by atoms with Crippen LogP contribution in [0.15, 0.2) is 71.2 Å². The van der Waals surface area contributed by atoms with Crippen LogP contribution in [0.25, 0.3) is 17.4 Å². The molecule has 8 nitrogen and oxygen atoms in total. The summed E-state index contributed by atoms with van der Waals surface area (Å²) in [5.41, 5.74) is 0.826. The van der Waals surface area contributed by atoms with Crippen LogP contribution in [0.5, 0.6) is 5.75 Å². The Labute approximate surface area is 177 Å². The number of benzene rings is 2. The van der Waals surface area contributed by atoms with Gasteiger partial charge in [-0.15, -0.1) is 0 Å². The maximum absolute atomic E-state index is 12.1. The fraction of sp³-hybridized carbons (Fsp3) is 0.0476. The van der Waals surface area contributed by atoms with E-state index in [1.807, 2.05) is 36.4 Å². The number of nitro groups is 1. The first-order valence-electron chi connectivity index (χ1n) is 8.74. The highest BCUT2D eigenvalue weighted by Crippen LogP contribution is 2.28. The van der Waals surface area contributed by atoms with Crippen molar-refractivity contribution in [2.24, 2.45) is 0 Å². The number of hydrogen-bond donors (Lipinski definition) is 2. The lowest BCUT2D eigenvalue weighted by molar-refractivity contribution is -0.384. The van der Waals surface area contributed by atoms with Gasteiger partial charge in [0, 0.05) is 11.6 Å². The monoisotopic (exact) mass is 423 g/mol. The van der Waals surface area contributed by atoms with Crippen LogP contribution < -0.4 is 15.4 Å². The first kappa shape index (κ1) is 20.7. The largest absolute Gasteiger partial charge is 0.496 e. The standard InChI is InChI=1S/C21H17N3O5S/c1-28-16-7-10-17(18(13-16)24(26)27)22-21(30)23-20(25)12-9-15-8-11-19(29-15)14-5-3-2-4-6-14/h2-13H,1H3,(H2,22,23,25,30)/b12-9+. The van der Waals surface area contributed by atoms with Crippen LogP contribution in [0.1, 0.15) is 5.76 Å². The molecule has 3 aromatic rings. The van der Waals surface area contributed by atoms with E-state index < -0.39 is 10.8 Å². The Morgan fingerprint density at radius 2 is 1.93 bits per heavy atom. The molecule has 1 aromatic heterocycles. The van der Waals surface area contributed by atoms with E-state index in [0.29, 0.717) is 17.3 Å². The summed E-state index contributed by atoms with van der Waals surface area (Å²) in [5, 5.41) is 16.2. The predicted molar refractivity (Wildman–Crippen MR) is 117 cm³/mol. The normalized spacial score (nSPS) is 10.6. The van der Waals surface area contributed by atoms with E-state index in [9.17, 15) is 14.9 Å². The molecule has 9 heteroatoms.